The Bertz CT molecular complexity index is 452. The minimum absolute atomic E-state index is 0.873. The second kappa shape index (κ2) is 36.8. The number of unbranched alkanes of at least 4 members (excludes halogenated alkanes) is 16. The molecule has 0 aromatic carbocycles. The highest BCUT2D eigenvalue weighted by Crippen LogP contribution is 2.18. The molecular weight excluding hydrogens is 587 g/mol. The Kier molecular flexibility index (Phi) is 38.0. The molecule has 0 aliphatic carbocycles. The van der Waals surface area contributed by atoms with Gasteiger partial charge >= 0.3 is 0 Å². The van der Waals surface area contributed by atoms with E-state index in [0.29, 0.717) is 0 Å². The lowest BCUT2D eigenvalue weighted by Gasteiger charge is -2.21. The molecule has 0 saturated heterocycles. The van der Waals surface area contributed by atoms with Crippen LogP contribution in [0.3, 0.4) is 0 Å². The third-order valence-corrected chi connectivity index (χ3v) is 12.0. The van der Waals surface area contributed by atoms with Gasteiger partial charge in [0.05, 0.1) is 0 Å². The summed E-state index contributed by atoms with van der Waals surface area (Å²) in [6.45, 7) is 11.1. The van der Waals surface area contributed by atoms with E-state index in [-0.39, 0.29) is 0 Å². The van der Waals surface area contributed by atoms with Gasteiger partial charge in [-0.3, -0.25) is 0 Å². The molecule has 0 amide bonds. The van der Waals surface area contributed by atoms with Crippen LogP contribution in [0.5, 0.6) is 0 Å². The Labute approximate surface area is 286 Å². The summed E-state index contributed by atoms with van der Waals surface area (Å²) in [6.07, 6.45) is 32.6. The topological polar surface area (TPSA) is 3.24 Å². The van der Waals surface area contributed by atoms with Gasteiger partial charge in [0.25, 0.3) is 0 Å². The largest absolute Gasteiger partial charge is 0.303 e. The van der Waals surface area contributed by atoms with Gasteiger partial charge in [0.15, 0.2) is 0 Å². The molecule has 0 fully saturated rings. The molecule has 0 rings (SSSR count). The number of thiol groups is 2. The number of thioether (sulfide) groups is 2. The molecule has 0 heterocycles. The van der Waals surface area contributed by atoms with E-state index in [0.717, 1.165) is 23.3 Å². The lowest BCUT2D eigenvalue weighted by molar-refractivity contribution is 0.260. The second-order valence-corrected chi connectivity index (χ2v) is 16.5. The molecule has 0 aromatic rings. The van der Waals surface area contributed by atoms with Crippen molar-refractivity contribution in [3.05, 3.63) is 0 Å². The quantitative estimate of drug-likeness (QED) is 0.0507. The maximum absolute atomic E-state index is 4.33. The molecule has 0 spiro atoms. The fraction of sp³-hybridized carbons (Fsp3) is 1.00. The maximum atomic E-state index is 4.33. The molecule has 0 saturated carbocycles. The van der Waals surface area contributed by atoms with Crippen molar-refractivity contribution >= 4 is 48.8 Å². The highest BCUT2D eigenvalue weighted by Gasteiger charge is 2.05. The molecule has 254 valence electrons. The maximum Gasteiger partial charge on any atom is -0.00187 e. The van der Waals surface area contributed by atoms with Crippen LogP contribution in [-0.2, 0) is 0 Å². The van der Waals surface area contributed by atoms with Crippen LogP contribution in [0.25, 0.3) is 0 Å². The van der Waals surface area contributed by atoms with Crippen molar-refractivity contribution in [1.29, 1.82) is 0 Å². The zero-order chi connectivity index (χ0) is 30.8. The van der Waals surface area contributed by atoms with Gasteiger partial charge in [0, 0.05) is 0 Å². The van der Waals surface area contributed by atoms with Crippen molar-refractivity contribution in [2.75, 3.05) is 54.2 Å². The van der Waals surface area contributed by atoms with E-state index in [4.69, 9.17) is 0 Å². The molecule has 2 atom stereocenters. The van der Waals surface area contributed by atoms with Crippen molar-refractivity contribution in [1.82, 2.24) is 4.90 Å². The van der Waals surface area contributed by atoms with Crippen LogP contribution >= 0.6 is 48.8 Å². The Balaban J connectivity index is 3.42. The second-order valence-electron chi connectivity index (χ2n) is 13.3. The van der Waals surface area contributed by atoms with Gasteiger partial charge < -0.3 is 4.90 Å². The average Bonchev–Trinajstić information content (AvgIpc) is 2.99. The monoisotopic (exact) mass is 663 g/mol. The normalized spacial score (nSPS) is 13.3. The standard InChI is InChI=1S/C37H77NS4/c1-4-27-38(28-19-15-11-7-5-9-13-17-21-32-41-34-36(2)25-23-30-39)29-20-16-12-8-6-10-14-18-22-33-42-35-37(3)26-24-31-40/h36-37,39-40H,4-35H2,1-3H3. The highest BCUT2D eigenvalue weighted by molar-refractivity contribution is 7.99. The van der Waals surface area contributed by atoms with E-state index in [9.17, 15) is 0 Å². The summed E-state index contributed by atoms with van der Waals surface area (Å²) >= 11 is 13.0. The summed E-state index contributed by atoms with van der Waals surface area (Å²) in [7, 11) is 0. The van der Waals surface area contributed by atoms with E-state index in [1.165, 1.54) is 190 Å². The lowest BCUT2D eigenvalue weighted by Crippen LogP contribution is -2.27. The Morgan fingerprint density at radius 2 is 0.786 bits per heavy atom. The molecule has 0 bridgehead atoms. The van der Waals surface area contributed by atoms with E-state index < -0.39 is 0 Å². The van der Waals surface area contributed by atoms with Crippen molar-refractivity contribution < 1.29 is 0 Å². The number of rotatable bonds is 36. The Morgan fingerprint density at radius 3 is 1.12 bits per heavy atom. The highest BCUT2D eigenvalue weighted by atomic mass is 32.2. The first-order valence-electron chi connectivity index (χ1n) is 18.7. The summed E-state index contributed by atoms with van der Waals surface area (Å²) in [5.41, 5.74) is 0. The van der Waals surface area contributed by atoms with Crippen molar-refractivity contribution in [2.45, 2.75) is 168 Å². The van der Waals surface area contributed by atoms with Gasteiger partial charge in [-0.15, -0.1) is 0 Å². The van der Waals surface area contributed by atoms with Gasteiger partial charge in [0.2, 0.25) is 0 Å². The third kappa shape index (κ3) is 34.2. The SMILES string of the molecule is CCCN(CCCCCCCCCCCSCC(C)CCCS)CCCCCCCCCCCSCC(C)CCCS. The Morgan fingerprint density at radius 1 is 0.452 bits per heavy atom. The molecule has 0 aromatic heterocycles. The molecule has 0 aliphatic rings. The minimum Gasteiger partial charge on any atom is -0.303 e. The fourth-order valence-electron chi connectivity index (χ4n) is 5.82. The number of nitrogens with zero attached hydrogens (tertiary/aromatic N) is 1. The fourth-order valence-corrected chi connectivity index (χ4v) is 8.47. The van der Waals surface area contributed by atoms with Gasteiger partial charge in [-0.25, -0.2) is 0 Å². The predicted octanol–water partition coefficient (Wildman–Crippen LogP) is 12.9. The van der Waals surface area contributed by atoms with E-state index in [1.54, 1.807) is 0 Å². The van der Waals surface area contributed by atoms with Crippen LogP contribution in [0.1, 0.15) is 168 Å². The first kappa shape index (κ1) is 43.4. The number of hydrogen-bond acceptors (Lipinski definition) is 5. The van der Waals surface area contributed by atoms with Crippen molar-refractivity contribution in [3.8, 4) is 0 Å². The number of hydrogen-bond donors (Lipinski definition) is 2. The third-order valence-electron chi connectivity index (χ3n) is 8.58. The molecule has 42 heavy (non-hydrogen) atoms. The minimum atomic E-state index is 0.873. The predicted molar refractivity (Wildman–Crippen MR) is 209 cm³/mol. The summed E-state index contributed by atoms with van der Waals surface area (Å²) < 4.78 is 0. The molecule has 5 heteroatoms. The molecule has 1 nitrogen and oxygen atoms in total. The first-order chi connectivity index (χ1) is 20.6. The van der Waals surface area contributed by atoms with Crippen LogP contribution in [0.4, 0.5) is 0 Å². The van der Waals surface area contributed by atoms with Gasteiger partial charge in [0.1, 0.15) is 0 Å². The lowest BCUT2D eigenvalue weighted by atomic mass is 10.1. The van der Waals surface area contributed by atoms with Crippen LogP contribution in [0.2, 0.25) is 0 Å². The zero-order valence-electron chi connectivity index (χ0n) is 28.9. The molecule has 2 unspecified atom stereocenters. The van der Waals surface area contributed by atoms with Crippen LogP contribution in [-0.4, -0.2) is 59.1 Å². The average molecular weight is 664 g/mol. The molecular formula is C37H77NS4. The Hall–Kier alpha value is 1.36. The van der Waals surface area contributed by atoms with Crippen LogP contribution in [0, 0.1) is 11.8 Å². The van der Waals surface area contributed by atoms with E-state index in [2.05, 4.69) is 74.5 Å². The molecule has 0 aliphatic heterocycles. The van der Waals surface area contributed by atoms with E-state index >= 15 is 0 Å². The molecule has 0 N–H and O–H groups in total. The zero-order valence-corrected chi connectivity index (χ0v) is 32.4. The first-order valence-corrected chi connectivity index (χ1v) is 22.3. The van der Waals surface area contributed by atoms with Gasteiger partial charge in [-0.1, -0.05) is 111 Å². The van der Waals surface area contributed by atoms with E-state index in [1.807, 2.05) is 0 Å². The summed E-state index contributed by atoms with van der Waals surface area (Å²) in [6, 6.07) is 0. The van der Waals surface area contributed by atoms with Crippen molar-refractivity contribution in [2.24, 2.45) is 11.8 Å². The molecule has 0 radical (unpaired) electrons. The van der Waals surface area contributed by atoms with Crippen LogP contribution < -0.4 is 0 Å². The summed E-state index contributed by atoms with van der Waals surface area (Å²) in [4.78, 5) is 2.76. The van der Waals surface area contributed by atoms with Gasteiger partial charge in [-0.2, -0.15) is 48.8 Å². The smallest absolute Gasteiger partial charge is 0.00187 e. The van der Waals surface area contributed by atoms with Crippen LogP contribution in [0.15, 0.2) is 0 Å². The summed E-state index contributed by atoms with van der Waals surface area (Å²) in [5, 5.41) is 0. The van der Waals surface area contributed by atoms with Gasteiger partial charge in [-0.05, 0) is 124 Å². The summed E-state index contributed by atoms with van der Waals surface area (Å²) in [5.74, 6) is 9.28. The van der Waals surface area contributed by atoms with Crippen molar-refractivity contribution in [3.63, 3.8) is 0 Å².